The predicted molar refractivity (Wildman–Crippen MR) is 89.5 cm³/mol. The number of nitrogens with zero attached hydrogens (tertiary/aromatic N) is 2. The fraction of sp³-hybridized carbons (Fsp3) is 0.0588. The van der Waals surface area contributed by atoms with Crippen LogP contribution < -0.4 is 10.2 Å². The number of aliphatic carboxylic acids is 1. The third kappa shape index (κ3) is 3.76. The zero-order valence-corrected chi connectivity index (χ0v) is 13.8. The number of hydrogen-bond donors (Lipinski definition) is 1. The van der Waals surface area contributed by atoms with Crippen molar-refractivity contribution in [3.05, 3.63) is 60.8 Å². The molecule has 0 saturated heterocycles. The second-order valence-electron chi connectivity index (χ2n) is 5.40. The number of carbonyl (C=O) groups is 1. The van der Waals surface area contributed by atoms with Gasteiger partial charge in [0.2, 0.25) is 10.0 Å². The van der Waals surface area contributed by atoms with Crippen molar-refractivity contribution < 1.29 is 18.3 Å². The first-order valence-electron chi connectivity index (χ1n) is 7.30. The van der Waals surface area contributed by atoms with Crippen LogP contribution in [0.3, 0.4) is 0 Å². The first kappa shape index (κ1) is 16.9. The summed E-state index contributed by atoms with van der Waals surface area (Å²) in [5.41, 5.74) is 2.76. The molecule has 0 saturated carbocycles. The van der Waals surface area contributed by atoms with E-state index in [0.29, 0.717) is 11.3 Å². The lowest BCUT2D eigenvalue weighted by molar-refractivity contribution is -0.306. The summed E-state index contributed by atoms with van der Waals surface area (Å²) >= 11 is 0. The van der Waals surface area contributed by atoms with E-state index < -0.39 is 16.0 Å². The van der Waals surface area contributed by atoms with Crippen LogP contribution in [0.1, 0.15) is 0 Å². The van der Waals surface area contributed by atoms with Crippen molar-refractivity contribution in [2.45, 2.75) is 11.4 Å². The van der Waals surface area contributed by atoms with Gasteiger partial charge < -0.3 is 9.90 Å². The maximum absolute atomic E-state index is 11.4. The molecule has 2 N–H and O–H groups in total. The molecule has 0 unspecified atom stereocenters. The molecule has 7 nitrogen and oxygen atoms in total. The number of primary sulfonamides is 1. The van der Waals surface area contributed by atoms with Crippen LogP contribution in [-0.4, -0.2) is 24.2 Å². The molecular formula is C17H14N3O4S-. The van der Waals surface area contributed by atoms with Crippen LogP contribution in [0.2, 0.25) is 0 Å². The number of aromatic nitrogens is 2. The highest BCUT2D eigenvalue weighted by Gasteiger charge is 2.14. The smallest absolute Gasteiger partial charge is 0.238 e. The molecule has 1 heterocycles. The van der Waals surface area contributed by atoms with Crippen molar-refractivity contribution in [2.75, 3.05) is 0 Å². The zero-order valence-electron chi connectivity index (χ0n) is 13.0. The third-order valence-electron chi connectivity index (χ3n) is 3.59. The normalized spacial score (nSPS) is 11.4. The molecule has 0 aliphatic carbocycles. The van der Waals surface area contributed by atoms with Crippen LogP contribution in [0.25, 0.3) is 22.4 Å². The molecule has 2 aromatic carbocycles. The van der Waals surface area contributed by atoms with Gasteiger partial charge in [-0.1, -0.05) is 42.5 Å². The molecule has 0 amide bonds. The predicted octanol–water partition coefficient (Wildman–Crippen LogP) is 0.614. The Balaban J connectivity index is 2.11. The van der Waals surface area contributed by atoms with Crippen molar-refractivity contribution in [3.8, 4) is 22.4 Å². The monoisotopic (exact) mass is 356 g/mol. The molecule has 0 aliphatic heterocycles. The average Bonchev–Trinajstić information content (AvgIpc) is 2.98. The Morgan fingerprint density at radius 2 is 1.68 bits per heavy atom. The van der Waals surface area contributed by atoms with Gasteiger partial charge in [-0.05, 0) is 17.7 Å². The van der Waals surface area contributed by atoms with E-state index in [9.17, 15) is 18.3 Å². The number of carbonyl (C=O) groups excluding carboxylic acids is 1. The Morgan fingerprint density at radius 1 is 1.04 bits per heavy atom. The first-order valence-corrected chi connectivity index (χ1v) is 8.85. The molecule has 1 aromatic heterocycles. The van der Waals surface area contributed by atoms with E-state index in [2.05, 4.69) is 5.10 Å². The molecule has 25 heavy (non-hydrogen) atoms. The van der Waals surface area contributed by atoms with Gasteiger partial charge >= 0.3 is 0 Å². The Kier molecular flexibility index (Phi) is 4.39. The number of benzene rings is 2. The number of carboxylic acids is 1. The van der Waals surface area contributed by atoms with Gasteiger partial charge in [0.1, 0.15) is 5.69 Å². The lowest BCUT2D eigenvalue weighted by Crippen LogP contribution is -2.27. The lowest BCUT2D eigenvalue weighted by atomic mass is 10.0. The van der Waals surface area contributed by atoms with Crippen LogP contribution in [0, 0.1) is 0 Å². The topological polar surface area (TPSA) is 118 Å². The van der Waals surface area contributed by atoms with Gasteiger partial charge in [0, 0.05) is 17.3 Å². The van der Waals surface area contributed by atoms with Crippen LogP contribution in [-0.2, 0) is 21.4 Å². The molecule has 3 rings (SSSR count). The van der Waals surface area contributed by atoms with Crippen LogP contribution in [0.15, 0.2) is 65.7 Å². The molecule has 0 spiro atoms. The van der Waals surface area contributed by atoms with Gasteiger partial charge in [0.25, 0.3) is 0 Å². The Hall–Kier alpha value is -2.97. The molecule has 3 aromatic rings. The summed E-state index contributed by atoms with van der Waals surface area (Å²) in [5, 5.41) is 20.3. The van der Waals surface area contributed by atoms with Gasteiger partial charge in [0.05, 0.1) is 17.4 Å². The van der Waals surface area contributed by atoms with Crippen molar-refractivity contribution in [3.63, 3.8) is 0 Å². The largest absolute Gasteiger partial charge is 0.548 e. The lowest BCUT2D eigenvalue weighted by Gasteiger charge is -2.04. The summed E-state index contributed by atoms with van der Waals surface area (Å²) in [6.07, 6.45) is 1.62. The number of hydrogen-bond acceptors (Lipinski definition) is 5. The Bertz CT molecular complexity index is 1010. The molecular weight excluding hydrogens is 342 g/mol. The van der Waals surface area contributed by atoms with E-state index in [-0.39, 0.29) is 11.4 Å². The second-order valence-corrected chi connectivity index (χ2v) is 6.96. The summed E-state index contributed by atoms with van der Waals surface area (Å²) in [7, 11) is -3.79. The number of sulfonamides is 1. The van der Waals surface area contributed by atoms with Crippen molar-refractivity contribution >= 4 is 16.0 Å². The van der Waals surface area contributed by atoms with E-state index in [0.717, 1.165) is 11.1 Å². The minimum Gasteiger partial charge on any atom is -0.548 e. The average molecular weight is 356 g/mol. The minimum absolute atomic E-state index is 0.00770. The fourth-order valence-corrected chi connectivity index (χ4v) is 2.99. The van der Waals surface area contributed by atoms with Crippen molar-refractivity contribution in [1.29, 1.82) is 0 Å². The molecule has 8 heteroatoms. The summed E-state index contributed by atoms with van der Waals surface area (Å²) in [6, 6.07) is 15.3. The number of rotatable bonds is 5. The maximum Gasteiger partial charge on any atom is 0.238 e. The molecule has 0 radical (unpaired) electrons. The van der Waals surface area contributed by atoms with Gasteiger partial charge in [0.15, 0.2) is 0 Å². The molecule has 128 valence electrons. The van der Waals surface area contributed by atoms with E-state index in [1.807, 2.05) is 30.3 Å². The molecule has 0 fully saturated rings. The Labute approximate surface area is 144 Å². The minimum atomic E-state index is -3.79. The molecule has 0 atom stereocenters. The SMILES string of the molecule is NS(=O)(=O)c1ccc(-c2nn(CC(=O)[O-])cc2-c2ccccc2)cc1. The van der Waals surface area contributed by atoms with Gasteiger partial charge in [-0.15, -0.1) is 0 Å². The number of carboxylic acid groups (broad SMARTS) is 1. The van der Waals surface area contributed by atoms with Crippen molar-refractivity contribution in [2.24, 2.45) is 5.14 Å². The van der Waals surface area contributed by atoms with E-state index >= 15 is 0 Å². The van der Waals surface area contributed by atoms with Crippen LogP contribution in [0.5, 0.6) is 0 Å². The highest BCUT2D eigenvalue weighted by atomic mass is 32.2. The van der Waals surface area contributed by atoms with E-state index in [1.54, 1.807) is 18.3 Å². The Morgan fingerprint density at radius 3 is 2.24 bits per heavy atom. The van der Waals surface area contributed by atoms with Gasteiger partial charge in [-0.3, -0.25) is 4.68 Å². The standard InChI is InChI=1S/C17H15N3O4S/c18-25(23,24)14-8-6-13(7-9-14)17-15(12-4-2-1-3-5-12)10-20(19-17)11-16(21)22/h1-10H,11H2,(H,21,22)(H2,18,23,24)/p-1. The highest BCUT2D eigenvalue weighted by Crippen LogP contribution is 2.31. The van der Waals surface area contributed by atoms with Crippen LogP contribution in [0.4, 0.5) is 0 Å². The maximum atomic E-state index is 11.4. The highest BCUT2D eigenvalue weighted by molar-refractivity contribution is 7.89. The molecule has 0 aliphatic rings. The quantitative estimate of drug-likeness (QED) is 0.719. The fourth-order valence-electron chi connectivity index (χ4n) is 2.48. The second kappa shape index (κ2) is 6.50. The zero-order chi connectivity index (χ0) is 18.0. The van der Waals surface area contributed by atoms with E-state index in [4.69, 9.17) is 5.14 Å². The van der Waals surface area contributed by atoms with Crippen molar-refractivity contribution in [1.82, 2.24) is 9.78 Å². The summed E-state index contributed by atoms with van der Waals surface area (Å²) < 4.78 is 24.0. The summed E-state index contributed by atoms with van der Waals surface area (Å²) in [5.74, 6) is -1.25. The van der Waals surface area contributed by atoms with Gasteiger partial charge in [-0.2, -0.15) is 5.10 Å². The summed E-state index contributed by atoms with van der Waals surface area (Å²) in [4.78, 5) is 10.9. The molecule has 0 bridgehead atoms. The first-order chi connectivity index (χ1) is 11.8. The van der Waals surface area contributed by atoms with Gasteiger partial charge in [-0.25, -0.2) is 13.6 Å². The third-order valence-corrected chi connectivity index (χ3v) is 4.52. The van der Waals surface area contributed by atoms with E-state index in [1.165, 1.54) is 16.8 Å². The summed E-state index contributed by atoms with van der Waals surface area (Å²) in [6.45, 7) is -0.380. The number of nitrogens with two attached hydrogens (primary N) is 1. The van der Waals surface area contributed by atoms with Crippen LogP contribution >= 0.6 is 0 Å².